The largest absolute Gasteiger partial charge is 0.496 e. The van der Waals surface area contributed by atoms with Crippen molar-refractivity contribution in [3.8, 4) is 5.75 Å². The highest BCUT2D eigenvalue weighted by Crippen LogP contribution is 2.41. The molecule has 2 nitrogen and oxygen atoms in total. The number of methoxy groups -OCH3 is 1. The van der Waals surface area contributed by atoms with Gasteiger partial charge >= 0.3 is 0 Å². The predicted octanol–water partition coefficient (Wildman–Crippen LogP) is 4.34. The Labute approximate surface area is 127 Å². The van der Waals surface area contributed by atoms with E-state index in [0.29, 0.717) is 11.8 Å². The first-order chi connectivity index (χ1) is 10.3. The summed E-state index contributed by atoms with van der Waals surface area (Å²) in [6.45, 7) is 4.52. The lowest BCUT2D eigenvalue weighted by Crippen LogP contribution is -2.35. The van der Waals surface area contributed by atoms with Gasteiger partial charge in [-0.2, -0.15) is 0 Å². The molecule has 2 unspecified atom stereocenters. The molecule has 1 aliphatic rings. The molecule has 2 heteroatoms. The number of rotatable bonds is 4. The van der Waals surface area contributed by atoms with Gasteiger partial charge in [0.1, 0.15) is 5.75 Å². The molecule has 1 fully saturated rings. The molecule has 0 radical (unpaired) electrons. The van der Waals surface area contributed by atoms with Gasteiger partial charge in [0.05, 0.1) is 7.11 Å². The molecule has 0 spiro atoms. The fourth-order valence-electron chi connectivity index (χ4n) is 3.81. The van der Waals surface area contributed by atoms with E-state index in [0.717, 1.165) is 18.8 Å². The highest BCUT2D eigenvalue weighted by Gasteiger charge is 2.29. The van der Waals surface area contributed by atoms with Crippen LogP contribution >= 0.6 is 0 Å². The van der Waals surface area contributed by atoms with Crippen LogP contribution in [0.5, 0.6) is 5.75 Å². The number of ether oxygens (including phenoxy) is 1. The van der Waals surface area contributed by atoms with E-state index in [-0.39, 0.29) is 0 Å². The zero-order valence-corrected chi connectivity index (χ0v) is 13.1. The number of piperidine rings is 1. The summed E-state index contributed by atoms with van der Waals surface area (Å²) in [7, 11) is 1.80. The Bertz CT molecular complexity index is 606. The molecular weight excluding hydrogens is 258 g/mol. The van der Waals surface area contributed by atoms with Crippen LogP contribution in [0.1, 0.15) is 37.7 Å². The monoisotopic (exact) mass is 283 g/mol. The second kappa shape index (κ2) is 6.48. The molecule has 0 amide bonds. The molecule has 1 saturated heterocycles. The van der Waals surface area contributed by atoms with Crippen molar-refractivity contribution in [2.75, 3.05) is 20.2 Å². The van der Waals surface area contributed by atoms with E-state index in [9.17, 15) is 0 Å². The average Bonchev–Trinajstić information content (AvgIpc) is 2.55. The van der Waals surface area contributed by atoms with Gasteiger partial charge in [-0.05, 0) is 54.6 Å². The number of hydrogen-bond donors (Lipinski definition) is 1. The molecule has 2 aromatic rings. The molecule has 112 valence electrons. The van der Waals surface area contributed by atoms with Crippen LogP contribution < -0.4 is 10.1 Å². The number of nitrogens with one attached hydrogen (secondary N) is 1. The minimum Gasteiger partial charge on any atom is -0.496 e. The summed E-state index contributed by atoms with van der Waals surface area (Å²) < 4.78 is 5.71. The summed E-state index contributed by atoms with van der Waals surface area (Å²) in [6.07, 6.45) is 3.73. The molecule has 0 aromatic heterocycles. The number of benzene rings is 2. The van der Waals surface area contributed by atoms with Crippen molar-refractivity contribution in [3.05, 3.63) is 42.0 Å². The molecule has 3 rings (SSSR count). The minimum atomic E-state index is 0.604. The van der Waals surface area contributed by atoms with Crippen molar-refractivity contribution in [1.29, 1.82) is 0 Å². The van der Waals surface area contributed by atoms with Gasteiger partial charge < -0.3 is 10.1 Å². The fraction of sp³-hybridized carbons (Fsp3) is 0.474. The molecule has 0 saturated carbocycles. The molecule has 21 heavy (non-hydrogen) atoms. The minimum absolute atomic E-state index is 0.604. The van der Waals surface area contributed by atoms with E-state index >= 15 is 0 Å². The smallest absolute Gasteiger partial charge is 0.122 e. The summed E-state index contributed by atoms with van der Waals surface area (Å²) in [5.74, 6) is 2.37. The van der Waals surface area contributed by atoms with Crippen molar-refractivity contribution in [2.45, 2.75) is 32.1 Å². The van der Waals surface area contributed by atoms with Crippen LogP contribution in [-0.4, -0.2) is 20.2 Å². The van der Waals surface area contributed by atoms with Crippen LogP contribution in [0.3, 0.4) is 0 Å². The normalized spacial score (nSPS) is 22.4. The third kappa shape index (κ3) is 2.77. The average molecular weight is 283 g/mol. The Kier molecular flexibility index (Phi) is 4.45. The van der Waals surface area contributed by atoms with Gasteiger partial charge in [0.2, 0.25) is 0 Å². The van der Waals surface area contributed by atoms with Crippen LogP contribution in [0.15, 0.2) is 36.4 Å². The first-order valence-electron chi connectivity index (χ1n) is 8.11. The second-order valence-corrected chi connectivity index (χ2v) is 6.05. The number of hydrogen-bond acceptors (Lipinski definition) is 2. The lowest BCUT2D eigenvalue weighted by molar-refractivity contribution is 0.299. The fourth-order valence-corrected chi connectivity index (χ4v) is 3.81. The van der Waals surface area contributed by atoms with E-state index in [4.69, 9.17) is 4.74 Å². The van der Waals surface area contributed by atoms with Gasteiger partial charge in [0.15, 0.2) is 0 Å². The van der Waals surface area contributed by atoms with Gasteiger partial charge in [0.25, 0.3) is 0 Å². The summed E-state index contributed by atoms with van der Waals surface area (Å²) in [4.78, 5) is 0. The molecule has 1 N–H and O–H groups in total. The molecular formula is C19H25NO. The zero-order chi connectivity index (χ0) is 14.7. The summed E-state index contributed by atoms with van der Waals surface area (Å²) in [5, 5.41) is 6.25. The molecule has 1 heterocycles. The van der Waals surface area contributed by atoms with Crippen molar-refractivity contribution in [1.82, 2.24) is 5.32 Å². The lowest BCUT2D eigenvalue weighted by atomic mass is 9.77. The topological polar surface area (TPSA) is 21.3 Å². The lowest BCUT2D eigenvalue weighted by Gasteiger charge is -2.34. The van der Waals surface area contributed by atoms with Crippen molar-refractivity contribution in [3.63, 3.8) is 0 Å². The van der Waals surface area contributed by atoms with E-state index in [2.05, 4.69) is 48.6 Å². The van der Waals surface area contributed by atoms with Crippen LogP contribution in [0.4, 0.5) is 0 Å². The third-order valence-corrected chi connectivity index (χ3v) is 4.79. The van der Waals surface area contributed by atoms with E-state index in [1.54, 1.807) is 7.11 Å². The Morgan fingerprint density at radius 3 is 2.86 bits per heavy atom. The maximum absolute atomic E-state index is 5.71. The highest BCUT2D eigenvalue weighted by atomic mass is 16.5. The van der Waals surface area contributed by atoms with Gasteiger partial charge in [-0.1, -0.05) is 43.7 Å². The quantitative estimate of drug-likeness (QED) is 0.901. The van der Waals surface area contributed by atoms with E-state index in [1.807, 2.05) is 0 Å². The van der Waals surface area contributed by atoms with Gasteiger partial charge in [0, 0.05) is 5.56 Å². The van der Waals surface area contributed by atoms with Crippen LogP contribution in [0.25, 0.3) is 10.8 Å². The van der Waals surface area contributed by atoms with E-state index in [1.165, 1.54) is 35.6 Å². The summed E-state index contributed by atoms with van der Waals surface area (Å²) >= 11 is 0. The molecule has 2 atom stereocenters. The molecule has 0 aliphatic carbocycles. The van der Waals surface area contributed by atoms with Crippen LogP contribution in [0, 0.1) is 5.92 Å². The number of fused-ring (bicyclic) bond motifs is 1. The zero-order valence-electron chi connectivity index (χ0n) is 13.1. The van der Waals surface area contributed by atoms with Gasteiger partial charge in [-0.25, -0.2) is 0 Å². The Morgan fingerprint density at radius 2 is 2.05 bits per heavy atom. The van der Waals surface area contributed by atoms with Gasteiger partial charge in [-0.15, -0.1) is 0 Å². The highest BCUT2D eigenvalue weighted by molar-refractivity contribution is 5.88. The molecule has 2 aromatic carbocycles. The first kappa shape index (κ1) is 14.4. The van der Waals surface area contributed by atoms with Crippen LogP contribution in [0.2, 0.25) is 0 Å². The molecule has 1 aliphatic heterocycles. The summed E-state index contributed by atoms with van der Waals surface area (Å²) in [6, 6.07) is 13.0. The van der Waals surface area contributed by atoms with Crippen LogP contribution in [-0.2, 0) is 0 Å². The van der Waals surface area contributed by atoms with Gasteiger partial charge in [-0.3, -0.25) is 0 Å². The Balaban J connectivity index is 2.12. The Hall–Kier alpha value is -1.54. The third-order valence-electron chi connectivity index (χ3n) is 4.79. The maximum Gasteiger partial charge on any atom is 0.122 e. The SMILES string of the molecule is CCCC1CNCCC1c1c(OC)ccc2ccccc12. The second-order valence-electron chi connectivity index (χ2n) is 6.05. The maximum atomic E-state index is 5.71. The standard InChI is InChI=1S/C19H25NO/c1-3-6-15-13-20-12-11-17(15)19-16-8-5-4-7-14(16)9-10-18(19)21-2/h4-5,7-10,15,17,20H,3,6,11-13H2,1-2H3. The Morgan fingerprint density at radius 1 is 1.19 bits per heavy atom. The summed E-state index contributed by atoms with van der Waals surface area (Å²) in [5.41, 5.74) is 1.43. The van der Waals surface area contributed by atoms with E-state index < -0.39 is 0 Å². The van der Waals surface area contributed by atoms with Crippen molar-refractivity contribution in [2.24, 2.45) is 5.92 Å². The molecule has 0 bridgehead atoms. The van der Waals surface area contributed by atoms with Crippen molar-refractivity contribution < 1.29 is 4.74 Å². The first-order valence-corrected chi connectivity index (χ1v) is 8.11. The van der Waals surface area contributed by atoms with Crippen molar-refractivity contribution >= 4 is 10.8 Å². The predicted molar refractivity (Wildman–Crippen MR) is 89.1 cm³/mol.